The fourth-order valence-corrected chi connectivity index (χ4v) is 3.83. The Morgan fingerprint density at radius 1 is 1.06 bits per heavy atom. The molecule has 0 aromatic carbocycles. The number of carboxylic acid groups (broad SMARTS) is 1. The molecule has 0 heterocycles. The van der Waals surface area contributed by atoms with Crippen LogP contribution in [-0.4, -0.2) is 49.9 Å². The molecule has 8 heteroatoms. The van der Waals surface area contributed by atoms with E-state index in [2.05, 4.69) is 0 Å². The summed E-state index contributed by atoms with van der Waals surface area (Å²) in [4.78, 5) is 10.2. The molecular formula is C8H16O6S2. The van der Waals surface area contributed by atoms with E-state index in [9.17, 15) is 21.6 Å². The lowest BCUT2D eigenvalue weighted by atomic mass is 10.3. The van der Waals surface area contributed by atoms with Gasteiger partial charge in [-0.25, -0.2) is 16.8 Å². The molecule has 0 radical (unpaired) electrons. The maximum absolute atomic E-state index is 11.6. The molecule has 0 atom stereocenters. The Bertz CT molecular complexity index is 451. The van der Waals surface area contributed by atoms with E-state index in [4.69, 9.17) is 5.11 Å². The summed E-state index contributed by atoms with van der Waals surface area (Å²) in [7, 11) is -7.39. The third kappa shape index (κ3) is 4.93. The first kappa shape index (κ1) is 15.4. The van der Waals surface area contributed by atoms with Crippen LogP contribution in [0.3, 0.4) is 0 Å². The molecule has 0 aliphatic heterocycles. The van der Waals surface area contributed by atoms with Crippen LogP contribution >= 0.6 is 0 Å². The number of hydrogen-bond acceptors (Lipinski definition) is 5. The highest BCUT2D eigenvalue weighted by atomic mass is 32.2. The van der Waals surface area contributed by atoms with Gasteiger partial charge in [0.2, 0.25) is 0 Å². The second-order valence-electron chi connectivity index (χ2n) is 4.42. The summed E-state index contributed by atoms with van der Waals surface area (Å²) in [6.45, 7) is 4.39. The van der Waals surface area contributed by atoms with Crippen LogP contribution in [0.2, 0.25) is 0 Å². The largest absolute Gasteiger partial charge is 0.480 e. The van der Waals surface area contributed by atoms with Gasteiger partial charge in [0.1, 0.15) is 5.75 Å². The Balaban J connectivity index is 4.66. The molecule has 0 saturated carbocycles. The Morgan fingerprint density at radius 2 is 1.50 bits per heavy atom. The zero-order chi connectivity index (χ0) is 13.2. The number of carbonyl (C=O) groups is 1. The van der Waals surface area contributed by atoms with Gasteiger partial charge in [-0.1, -0.05) is 0 Å². The summed E-state index contributed by atoms with van der Waals surface area (Å²) >= 11 is 0. The molecule has 0 aliphatic rings. The van der Waals surface area contributed by atoms with Crippen LogP contribution in [0.4, 0.5) is 0 Å². The molecule has 96 valence electrons. The zero-order valence-corrected chi connectivity index (χ0v) is 11.1. The molecular weight excluding hydrogens is 256 g/mol. The molecule has 0 aromatic heterocycles. The Hall–Kier alpha value is -0.630. The SMILES string of the molecule is CC(C)(C)S(=O)(=O)CCS(=O)(=O)CC(=O)O. The molecule has 6 nitrogen and oxygen atoms in total. The number of sulfone groups is 2. The maximum atomic E-state index is 11.6. The maximum Gasteiger partial charge on any atom is 0.318 e. The van der Waals surface area contributed by atoms with Gasteiger partial charge in [0, 0.05) is 0 Å². The lowest BCUT2D eigenvalue weighted by Gasteiger charge is -2.18. The van der Waals surface area contributed by atoms with Gasteiger partial charge < -0.3 is 5.11 Å². The fourth-order valence-electron chi connectivity index (χ4n) is 0.803. The van der Waals surface area contributed by atoms with Crippen molar-refractivity contribution in [3.8, 4) is 0 Å². The molecule has 0 spiro atoms. The lowest BCUT2D eigenvalue weighted by molar-refractivity contribution is -0.134. The van der Waals surface area contributed by atoms with Gasteiger partial charge in [-0.15, -0.1) is 0 Å². The molecule has 16 heavy (non-hydrogen) atoms. The molecule has 1 N–H and O–H groups in total. The molecule has 0 fully saturated rings. The van der Waals surface area contributed by atoms with E-state index in [0.717, 1.165) is 0 Å². The van der Waals surface area contributed by atoms with Crippen molar-refractivity contribution in [2.75, 3.05) is 17.3 Å². The minimum atomic E-state index is -3.85. The van der Waals surface area contributed by atoms with Gasteiger partial charge >= 0.3 is 5.97 Å². The molecule has 0 aliphatic carbocycles. The van der Waals surface area contributed by atoms with Gasteiger partial charge in [-0.2, -0.15) is 0 Å². The van der Waals surface area contributed by atoms with Gasteiger partial charge in [-0.3, -0.25) is 4.79 Å². The van der Waals surface area contributed by atoms with Crippen molar-refractivity contribution in [1.82, 2.24) is 0 Å². The van der Waals surface area contributed by atoms with Gasteiger partial charge in [0.15, 0.2) is 19.7 Å². The highest BCUT2D eigenvalue weighted by molar-refractivity contribution is 7.96. The predicted octanol–water partition coefficient (Wildman–Crippen LogP) is -0.301. The summed E-state index contributed by atoms with van der Waals surface area (Å²) in [6.07, 6.45) is 0. The van der Waals surface area contributed by atoms with Gasteiger partial charge in [0.25, 0.3) is 0 Å². The average Bonchev–Trinajstić information content (AvgIpc) is 1.96. The number of carboxylic acids is 1. The average molecular weight is 272 g/mol. The Kier molecular flexibility index (Phi) is 4.52. The summed E-state index contributed by atoms with van der Waals surface area (Å²) in [6, 6.07) is 0. The molecule has 0 aromatic rings. The van der Waals surface area contributed by atoms with Crippen molar-refractivity contribution in [2.24, 2.45) is 0 Å². The van der Waals surface area contributed by atoms with Crippen molar-refractivity contribution >= 4 is 25.6 Å². The fraction of sp³-hybridized carbons (Fsp3) is 0.875. The first-order valence-electron chi connectivity index (χ1n) is 4.52. The van der Waals surface area contributed by atoms with Crippen LogP contribution in [0.25, 0.3) is 0 Å². The normalized spacial score (nSPS) is 13.7. The summed E-state index contributed by atoms with van der Waals surface area (Å²) < 4.78 is 44.4. The van der Waals surface area contributed by atoms with Crippen molar-refractivity contribution < 1.29 is 26.7 Å². The molecule has 0 amide bonds. The predicted molar refractivity (Wildman–Crippen MR) is 59.8 cm³/mol. The van der Waals surface area contributed by atoms with Crippen molar-refractivity contribution in [2.45, 2.75) is 25.5 Å². The van der Waals surface area contributed by atoms with E-state index < -0.39 is 47.6 Å². The number of aliphatic carboxylic acids is 1. The van der Waals surface area contributed by atoms with E-state index in [1.807, 2.05) is 0 Å². The van der Waals surface area contributed by atoms with Crippen molar-refractivity contribution in [3.05, 3.63) is 0 Å². The highest BCUT2D eigenvalue weighted by Gasteiger charge is 2.30. The van der Waals surface area contributed by atoms with Gasteiger partial charge in [0.05, 0.1) is 16.3 Å². The Morgan fingerprint density at radius 3 is 1.81 bits per heavy atom. The summed E-state index contributed by atoms with van der Waals surface area (Å²) in [5, 5.41) is 8.31. The van der Waals surface area contributed by atoms with E-state index in [0.29, 0.717) is 0 Å². The summed E-state index contributed by atoms with van der Waals surface area (Å²) in [5.41, 5.74) is 0. The van der Waals surface area contributed by atoms with Crippen LogP contribution < -0.4 is 0 Å². The smallest absolute Gasteiger partial charge is 0.318 e. The minimum absolute atomic E-state index is 0.549. The van der Waals surface area contributed by atoms with E-state index in [1.165, 1.54) is 20.8 Å². The molecule has 0 rings (SSSR count). The van der Waals surface area contributed by atoms with Crippen LogP contribution in [-0.2, 0) is 24.5 Å². The molecule has 0 bridgehead atoms. The lowest BCUT2D eigenvalue weighted by Crippen LogP contribution is -2.34. The first-order valence-corrected chi connectivity index (χ1v) is 7.99. The van der Waals surface area contributed by atoms with Crippen LogP contribution in [0.1, 0.15) is 20.8 Å². The number of rotatable bonds is 5. The van der Waals surface area contributed by atoms with Crippen LogP contribution in [0.15, 0.2) is 0 Å². The Labute approximate surface area is 95.5 Å². The molecule has 0 saturated heterocycles. The standard InChI is InChI=1S/C8H16O6S2/c1-8(2,3)16(13,14)5-4-15(11,12)6-7(9)10/h4-6H2,1-3H3,(H,9,10). The quantitative estimate of drug-likeness (QED) is 0.736. The third-order valence-corrected chi connectivity index (χ3v) is 6.32. The second-order valence-corrected chi connectivity index (χ2v) is 9.46. The van der Waals surface area contributed by atoms with E-state index >= 15 is 0 Å². The van der Waals surface area contributed by atoms with Crippen molar-refractivity contribution in [1.29, 1.82) is 0 Å². The zero-order valence-electron chi connectivity index (χ0n) is 9.43. The first-order chi connectivity index (χ1) is 6.87. The minimum Gasteiger partial charge on any atom is -0.480 e. The van der Waals surface area contributed by atoms with E-state index in [-0.39, 0.29) is 0 Å². The monoisotopic (exact) mass is 272 g/mol. The second kappa shape index (κ2) is 4.70. The van der Waals surface area contributed by atoms with Gasteiger partial charge in [-0.05, 0) is 20.8 Å². The number of hydrogen-bond donors (Lipinski definition) is 1. The van der Waals surface area contributed by atoms with Crippen molar-refractivity contribution in [3.63, 3.8) is 0 Å². The molecule has 0 unspecified atom stereocenters. The third-order valence-electron chi connectivity index (χ3n) is 1.94. The highest BCUT2D eigenvalue weighted by Crippen LogP contribution is 2.16. The van der Waals surface area contributed by atoms with Crippen LogP contribution in [0, 0.1) is 0 Å². The summed E-state index contributed by atoms with van der Waals surface area (Å²) in [5.74, 6) is -3.72. The van der Waals surface area contributed by atoms with E-state index in [1.54, 1.807) is 0 Å². The topological polar surface area (TPSA) is 106 Å². The van der Waals surface area contributed by atoms with Crippen LogP contribution in [0.5, 0.6) is 0 Å².